The lowest BCUT2D eigenvalue weighted by atomic mass is 10.0. The largest absolute Gasteiger partial charge is 0.494 e. The molecule has 5 heteroatoms. The number of hydrogen-bond acceptors (Lipinski definition) is 3. The van der Waals surface area contributed by atoms with Crippen LogP contribution in [0.1, 0.15) is 17.3 Å². The van der Waals surface area contributed by atoms with Gasteiger partial charge in [-0.05, 0) is 6.07 Å². The second kappa shape index (κ2) is 4.55. The molecule has 0 fully saturated rings. The minimum absolute atomic E-state index is 0.189. The smallest absolute Gasteiger partial charge is 0.170 e. The molecule has 0 saturated heterocycles. The number of nitrogens with zero attached hydrogens (tertiary/aromatic N) is 2. The second-order valence-corrected chi connectivity index (χ2v) is 3.81. The predicted molar refractivity (Wildman–Crippen MR) is 62.2 cm³/mol. The highest BCUT2D eigenvalue weighted by molar-refractivity contribution is 5.36. The van der Waals surface area contributed by atoms with Crippen molar-refractivity contribution in [3.05, 3.63) is 47.8 Å². The van der Waals surface area contributed by atoms with E-state index in [9.17, 15) is 4.39 Å². The zero-order valence-corrected chi connectivity index (χ0v) is 9.72. The number of aromatic nitrogens is 2. The van der Waals surface area contributed by atoms with Crippen LogP contribution in [-0.4, -0.2) is 16.7 Å². The Balaban J connectivity index is 2.40. The summed E-state index contributed by atoms with van der Waals surface area (Å²) in [5.41, 5.74) is 6.99. The van der Waals surface area contributed by atoms with Crippen LogP contribution in [0.4, 0.5) is 4.39 Å². The summed E-state index contributed by atoms with van der Waals surface area (Å²) in [6.07, 6.45) is 3.40. The molecule has 0 aliphatic rings. The molecule has 1 heterocycles. The molecule has 1 atom stereocenters. The average molecular weight is 235 g/mol. The fourth-order valence-electron chi connectivity index (χ4n) is 1.68. The maximum Gasteiger partial charge on any atom is 0.170 e. The van der Waals surface area contributed by atoms with Crippen molar-refractivity contribution >= 4 is 0 Å². The summed E-state index contributed by atoms with van der Waals surface area (Å²) in [4.78, 5) is 4.12. The number of benzene rings is 1. The summed E-state index contributed by atoms with van der Waals surface area (Å²) in [7, 11) is 3.26. The number of methoxy groups -OCH3 is 1. The molecule has 0 aliphatic heterocycles. The van der Waals surface area contributed by atoms with Gasteiger partial charge in [-0.15, -0.1) is 0 Å². The Morgan fingerprint density at radius 2 is 2.24 bits per heavy atom. The summed E-state index contributed by atoms with van der Waals surface area (Å²) in [5, 5.41) is 0. The minimum atomic E-state index is -0.591. The van der Waals surface area contributed by atoms with Crippen molar-refractivity contribution in [3.63, 3.8) is 0 Å². The summed E-state index contributed by atoms with van der Waals surface area (Å²) in [6, 6.07) is 4.31. The zero-order chi connectivity index (χ0) is 12.4. The Labute approximate surface area is 98.8 Å². The molecule has 2 rings (SSSR count). The summed E-state index contributed by atoms with van der Waals surface area (Å²) in [5.74, 6) is -0.248. The van der Waals surface area contributed by atoms with Crippen molar-refractivity contribution in [3.8, 4) is 5.75 Å². The third kappa shape index (κ3) is 2.14. The van der Waals surface area contributed by atoms with Crippen molar-refractivity contribution in [2.24, 2.45) is 12.8 Å². The first-order chi connectivity index (χ1) is 8.13. The molecule has 1 aromatic carbocycles. The van der Waals surface area contributed by atoms with Gasteiger partial charge in [-0.3, -0.25) is 0 Å². The predicted octanol–water partition coefficient (Wildman–Crippen LogP) is 1.62. The Morgan fingerprint density at radius 1 is 1.47 bits per heavy atom. The Kier molecular flexibility index (Phi) is 3.10. The van der Waals surface area contributed by atoms with Crippen LogP contribution < -0.4 is 10.5 Å². The van der Waals surface area contributed by atoms with Crippen LogP contribution in [0.3, 0.4) is 0 Å². The van der Waals surface area contributed by atoms with E-state index in [1.165, 1.54) is 7.11 Å². The molecule has 0 spiro atoms. The zero-order valence-electron chi connectivity index (χ0n) is 9.72. The van der Waals surface area contributed by atoms with Gasteiger partial charge >= 0.3 is 0 Å². The van der Waals surface area contributed by atoms with Crippen molar-refractivity contribution < 1.29 is 9.13 Å². The van der Waals surface area contributed by atoms with Gasteiger partial charge in [-0.25, -0.2) is 9.37 Å². The first-order valence-corrected chi connectivity index (χ1v) is 5.19. The highest BCUT2D eigenvalue weighted by Crippen LogP contribution is 2.26. The van der Waals surface area contributed by atoms with Gasteiger partial charge < -0.3 is 15.0 Å². The van der Waals surface area contributed by atoms with Gasteiger partial charge in [0.1, 0.15) is 0 Å². The van der Waals surface area contributed by atoms with E-state index in [0.717, 1.165) is 0 Å². The van der Waals surface area contributed by atoms with Gasteiger partial charge in [-0.2, -0.15) is 0 Å². The number of aryl methyl sites for hydroxylation is 1. The van der Waals surface area contributed by atoms with Gasteiger partial charge in [0.05, 0.1) is 25.2 Å². The normalized spacial score (nSPS) is 12.5. The van der Waals surface area contributed by atoms with Crippen LogP contribution in [-0.2, 0) is 7.05 Å². The van der Waals surface area contributed by atoms with Crippen LogP contribution in [0.5, 0.6) is 5.75 Å². The van der Waals surface area contributed by atoms with Gasteiger partial charge in [0.15, 0.2) is 11.6 Å². The molecule has 1 unspecified atom stereocenters. The summed E-state index contributed by atoms with van der Waals surface area (Å²) in [6.45, 7) is 0. The SMILES string of the molecule is COc1cccc(C(N)c2cn(C)cn2)c1F. The first kappa shape index (κ1) is 11.6. The average Bonchev–Trinajstić information content (AvgIpc) is 2.75. The van der Waals surface area contributed by atoms with E-state index in [1.807, 2.05) is 7.05 Å². The molecule has 17 heavy (non-hydrogen) atoms. The van der Waals surface area contributed by atoms with Crippen LogP contribution in [0.2, 0.25) is 0 Å². The van der Waals surface area contributed by atoms with E-state index in [4.69, 9.17) is 10.5 Å². The molecular formula is C12H14FN3O. The topological polar surface area (TPSA) is 53.1 Å². The van der Waals surface area contributed by atoms with Crippen molar-refractivity contribution in [2.75, 3.05) is 7.11 Å². The van der Waals surface area contributed by atoms with Crippen molar-refractivity contribution in [1.29, 1.82) is 0 Å². The highest BCUT2D eigenvalue weighted by atomic mass is 19.1. The molecule has 0 amide bonds. The van der Waals surface area contributed by atoms with Gasteiger partial charge in [0.25, 0.3) is 0 Å². The third-order valence-corrected chi connectivity index (χ3v) is 2.59. The molecule has 0 radical (unpaired) electrons. The van der Waals surface area contributed by atoms with E-state index in [0.29, 0.717) is 11.3 Å². The van der Waals surface area contributed by atoms with Crippen LogP contribution in [0, 0.1) is 5.82 Å². The van der Waals surface area contributed by atoms with E-state index in [-0.39, 0.29) is 5.75 Å². The van der Waals surface area contributed by atoms with Crippen molar-refractivity contribution in [1.82, 2.24) is 9.55 Å². The van der Waals surface area contributed by atoms with Crippen LogP contribution >= 0.6 is 0 Å². The maximum atomic E-state index is 14.0. The Hall–Kier alpha value is -1.88. The third-order valence-electron chi connectivity index (χ3n) is 2.59. The molecule has 0 aliphatic carbocycles. The number of halogens is 1. The Morgan fingerprint density at radius 3 is 2.82 bits per heavy atom. The fraction of sp³-hybridized carbons (Fsp3) is 0.250. The van der Waals surface area contributed by atoms with Crippen LogP contribution in [0.25, 0.3) is 0 Å². The minimum Gasteiger partial charge on any atom is -0.494 e. The standard InChI is InChI=1S/C12H14FN3O/c1-16-6-9(15-7-16)12(14)8-4-3-5-10(17-2)11(8)13/h3-7,12H,14H2,1-2H3. The summed E-state index contributed by atoms with van der Waals surface area (Å²) < 4.78 is 20.7. The molecule has 0 saturated carbocycles. The lowest BCUT2D eigenvalue weighted by Crippen LogP contribution is -2.14. The maximum absolute atomic E-state index is 14.0. The molecule has 90 valence electrons. The molecule has 0 bridgehead atoms. The van der Waals surface area contributed by atoms with E-state index in [2.05, 4.69) is 4.98 Å². The highest BCUT2D eigenvalue weighted by Gasteiger charge is 2.18. The number of ether oxygens (including phenoxy) is 1. The first-order valence-electron chi connectivity index (χ1n) is 5.19. The second-order valence-electron chi connectivity index (χ2n) is 3.81. The van der Waals surface area contributed by atoms with Gasteiger partial charge in [0.2, 0.25) is 0 Å². The number of hydrogen-bond donors (Lipinski definition) is 1. The Bertz CT molecular complexity index is 524. The summed E-state index contributed by atoms with van der Waals surface area (Å²) >= 11 is 0. The van der Waals surface area contributed by atoms with Crippen molar-refractivity contribution in [2.45, 2.75) is 6.04 Å². The van der Waals surface area contributed by atoms with Gasteiger partial charge in [-0.1, -0.05) is 12.1 Å². The molecule has 2 N–H and O–H groups in total. The molecule has 4 nitrogen and oxygen atoms in total. The molecule has 1 aromatic heterocycles. The lowest BCUT2D eigenvalue weighted by Gasteiger charge is -2.12. The van der Waals surface area contributed by atoms with Crippen LogP contribution in [0.15, 0.2) is 30.7 Å². The number of rotatable bonds is 3. The van der Waals surface area contributed by atoms with E-state index < -0.39 is 11.9 Å². The lowest BCUT2D eigenvalue weighted by molar-refractivity contribution is 0.383. The van der Waals surface area contributed by atoms with Gasteiger partial charge in [0, 0.05) is 18.8 Å². The quantitative estimate of drug-likeness (QED) is 0.879. The number of imidazole rings is 1. The molecule has 2 aromatic rings. The fourth-order valence-corrected chi connectivity index (χ4v) is 1.68. The number of nitrogens with two attached hydrogens (primary N) is 1. The molecular weight excluding hydrogens is 221 g/mol. The van der Waals surface area contributed by atoms with E-state index >= 15 is 0 Å². The van der Waals surface area contributed by atoms with E-state index in [1.54, 1.807) is 35.3 Å². The monoisotopic (exact) mass is 235 g/mol.